The molecular weight excluding hydrogens is 434 g/mol. The molecule has 2 aromatic rings. The van der Waals surface area contributed by atoms with Crippen molar-refractivity contribution in [1.82, 2.24) is 14.8 Å². The van der Waals surface area contributed by atoms with E-state index in [0.29, 0.717) is 35.5 Å². The van der Waals surface area contributed by atoms with Crippen molar-refractivity contribution in [1.29, 1.82) is 0 Å². The first-order valence-corrected chi connectivity index (χ1v) is 14.2. The molecule has 1 unspecified atom stereocenters. The number of carbonyl (C=O) groups is 1. The Morgan fingerprint density at radius 2 is 1.91 bits per heavy atom. The predicted octanol–water partition coefficient (Wildman–Crippen LogP) is 6.05. The first-order chi connectivity index (χ1) is 16.7. The van der Waals surface area contributed by atoms with Crippen LogP contribution in [0.2, 0.25) is 0 Å². The molecule has 0 spiro atoms. The van der Waals surface area contributed by atoms with Crippen LogP contribution >= 0.6 is 0 Å². The van der Waals surface area contributed by atoms with Gasteiger partial charge in [-0.25, -0.2) is 0 Å². The van der Waals surface area contributed by atoms with E-state index in [1.54, 1.807) is 6.20 Å². The third-order valence-corrected chi connectivity index (χ3v) is 11.8. The lowest BCUT2D eigenvalue weighted by Gasteiger charge is -2.61. The van der Waals surface area contributed by atoms with Gasteiger partial charge in [0.2, 0.25) is 0 Å². The zero-order chi connectivity index (χ0) is 24.6. The van der Waals surface area contributed by atoms with E-state index in [1.165, 1.54) is 32.1 Å². The van der Waals surface area contributed by atoms with Crippen molar-refractivity contribution < 1.29 is 9.90 Å². The van der Waals surface area contributed by atoms with Gasteiger partial charge in [0.05, 0.1) is 23.5 Å². The zero-order valence-corrected chi connectivity index (χ0v) is 22.0. The minimum atomic E-state index is -0.482. The summed E-state index contributed by atoms with van der Waals surface area (Å²) in [6.45, 7) is 9.72. The lowest BCUT2D eigenvalue weighted by atomic mass is 9.44. The van der Waals surface area contributed by atoms with Gasteiger partial charge in [-0.15, -0.1) is 0 Å². The molecule has 9 atom stereocenters. The van der Waals surface area contributed by atoms with Gasteiger partial charge in [0.25, 0.3) is 0 Å². The van der Waals surface area contributed by atoms with E-state index in [0.717, 1.165) is 48.4 Å². The number of nitrogens with zero attached hydrogens (tertiary/aromatic N) is 3. The number of pyridine rings is 1. The van der Waals surface area contributed by atoms with Crippen LogP contribution in [0.25, 0.3) is 10.9 Å². The van der Waals surface area contributed by atoms with Gasteiger partial charge in [-0.05, 0) is 105 Å². The van der Waals surface area contributed by atoms with Gasteiger partial charge in [0.15, 0.2) is 5.78 Å². The third kappa shape index (κ3) is 3.54. The number of hydrogen-bond donors (Lipinski definition) is 1. The van der Waals surface area contributed by atoms with Crippen molar-refractivity contribution in [3.8, 4) is 0 Å². The van der Waals surface area contributed by atoms with Gasteiger partial charge in [0, 0.05) is 17.5 Å². The molecule has 4 saturated carbocycles. The van der Waals surface area contributed by atoms with E-state index in [9.17, 15) is 9.90 Å². The highest BCUT2D eigenvalue weighted by Gasteiger charge is 2.63. The van der Waals surface area contributed by atoms with E-state index in [2.05, 4.69) is 37.8 Å². The summed E-state index contributed by atoms with van der Waals surface area (Å²) in [6.07, 6.45) is 15.8. The van der Waals surface area contributed by atoms with Crippen molar-refractivity contribution in [3.63, 3.8) is 0 Å². The van der Waals surface area contributed by atoms with E-state index < -0.39 is 5.60 Å². The van der Waals surface area contributed by atoms with Crippen LogP contribution < -0.4 is 0 Å². The number of hydrogen-bond acceptors (Lipinski definition) is 4. The molecule has 5 nitrogen and oxygen atoms in total. The number of fused-ring (bicyclic) bond motifs is 6. The number of Topliss-reactive ketones (excluding diaryl/α,β-unsaturated/α-hetero) is 1. The molecule has 0 bridgehead atoms. The van der Waals surface area contributed by atoms with Crippen LogP contribution in [0.15, 0.2) is 24.7 Å². The summed E-state index contributed by atoms with van der Waals surface area (Å²) in [4.78, 5) is 18.3. The maximum atomic E-state index is 14.0. The second-order valence-electron chi connectivity index (χ2n) is 13.5. The van der Waals surface area contributed by atoms with Crippen LogP contribution in [0, 0.1) is 46.3 Å². The van der Waals surface area contributed by atoms with Gasteiger partial charge in [-0.3, -0.25) is 14.5 Å². The van der Waals surface area contributed by atoms with Crippen molar-refractivity contribution >= 4 is 16.7 Å². The van der Waals surface area contributed by atoms with Crippen molar-refractivity contribution in [2.45, 2.75) is 97.6 Å². The summed E-state index contributed by atoms with van der Waals surface area (Å²) in [5.41, 5.74) is 0.933. The fourth-order valence-electron chi connectivity index (χ4n) is 9.93. The SMILES string of the molecule is CC[C@@H]1C[C@H]2[C@@H]3CC[C@H]4C[C@](C)(O)CC[C@]4(C)[C@H]3CC[C@]2(C)C1C(=O)Cn1ncc2ccncc21. The Morgan fingerprint density at radius 3 is 2.71 bits per heavy atom. The lowest BCUT2D eigenvalue weighted by molar-refractivity contribution is -0.151. The second kappa shape index (κ2) is 8.13. The molecule has 5 heteroatoms. The van der Waals surface area contributed by atoms with E-state index in [4.69, 9.17) is 0 Å². The minimum absolute atomic E-state index is 0.101. The first kappa shape index (κ1) is 23.6. The van der Waals surface area contributed by atoms with Crippen LogP contribution in [0.3, 0.4) is 0 Å². The van der Waals surface area contributed by atoms with Crippen LogP contribution in [0.5, 0.6) is 0 Å². The molecule has 4 fully saturated rings. The Morgan fingerprint density at radius 1 is 1.09 bits per heavy atom. The molecule has 4 aliphatic rings. The second-order valence-corrected chi connectivity index (χ2v) is 13.5. The highest BCUT2D eigenvalue weighted by atomic mass is 16.3. The van der Waals surface area contributed by atoms with Crippen LogP contribution in [0.4, 0.5) is 0 Å². The van der Waals surface area contributed by atoms with E-state index in [1.807, 2.05) is 23.1 Å². The summed E-state index contributed by atoms with van der Waals surface area (Å²) >= 11 is 0. The average molecular weight is 478 g/mol. The van der Waals surface area contributed by atoms with Gasteiger partial charge in [0.1, 0.15) is 6.54 Å². The third-order valence-electron chi connectivity index (χ3n) is 11.8. The Hall–Kier alpha value is -1.75. The number of ketones is 1. The number of aliphatic hydroxyl groups is 1. The summed E-state index contributed by atoms with van der Waals surface area (Å²) in [5, 5.41) is 16.4. The summed E-state index contributed by atoms with van der Waals surface area (Å²) in [6, 6.07) is 1.97. The van der Waals surface area contributed by atoms with Crippen molar-refractivity contribution in [2.75, 3.05) is 0 Å². The fourth-order valence-corrected chi connectivity index (χ4v) is 9.93. The number of aromatic nitrogens is 3. The zero-order valence-electron chi connectivity index (χ0n) is 22.0. The summed E-state index contributed by atoms with van der Waals surface area (Å²) in [5.74, 6) is 3.78. The van der Waals surface area contributed by atoms with E-state index in [-0.39, 0.29) is 11.3 Å². The highest BCUT2D eigenvalue weighted by Crippen LogP contribution is 2.69. The topological polar surface area (TPSA) is 68.0 Å². The Labute approximate surface area is 210 Å². The lowest BCUT2D eigenvalue weighted by Crippen LogP contribution is -2.55. The van der Waals surface area contributed by atoms with E-state index >= 15 is 0 Å². The van der Waals surface area contributed by atoms with Gasteiger partial charge in [-0.2, -0.15) is 5.10 Å². The standard InChI is InChI=1S/C30H43N3O2/c1-5-19-14-24-22-7-6-21-15-28(2,35)11-12-29(21,3)23(22)8-10-30(24,4)27(19)26(34)18-33-25-17-31-13-9-20(25)16-32-33/h9,13,16-17,19,21-24,27,35H,5-8,10-12,14-15,18H2,1-4H3/t19-,21+,22-,23+,24+,27?,28-,29+,30+/m1/s1. The molecule has 4 aliphatic carbocycles. The number of carbonyl (C=O) groups excluding carboxylic acids is 1. The number of rotatable bonds is 4. The summed E-state index contributed by atoms with van der Waals surface area (Å²) < 4.78 is 1.87. The molecule has 2 aromatic heterocycles. The van der Waals surface area contributed by atoms with Crippen molar-refractivity contribution in [2.24, 2.45) is 46.3 Å². The Kier molecular flexibility index (Phi) is 5.49. The Balaban J connectivity index is 1.27. The molecule has 6 rings (SSSR count). The van der Waals surface area contributed by atoms with Crippen LogP contribution in [0.1, 0.15) is 85.5 Å². The summed E-state index contributed by atoms with van der Waals surface area (Å²) in [7, 11) is 0. The quantitative estimate of drug-likeness (QED) is 0.582. The smallest absolute Gasteiger partial charge is 0.158 e. The average Bonchev–Trinajstić information content (AvgIpc) is 3.37. The van der Waals surface area contributed by atoms with Crippen LogP contribution in [-0.4, -0.2) is 31.3 Å². The molecule has 1 N–H and O–H groups in total. The Bertz CT molecular complexity index is 1120. The molecule has 0 aliphatic heterocycles. The molecule has 0 amide bonds. The first-order valence-electron chi connectivity index (χ1n) is 14.2. The predicted molar refractivity (Wildman–Crippen MR) is 138 cm³/mol. The van der Waals surface area contributed by atoms with Gasteiger partial charge in [-0.1, -0.05) is 27.2 Å². The molecule has 0 radical (unpaired) electrons. The highest BCUT2D eigenvalue weighted by molar-refractivity contribution is 5.85. The van der Waals surface area contributed by atoms with Crippen molar-refractivity contribution in [3.05, 3.63) is 24.7 Å². The molecule has 2 heterocycles. The maximum absolute atomic E-state index is 14.0. The monoisotopic (exact) mass is 477 g/mol. The van der Waals surface area contributed by atoms with Crippen LogP contribution in [-0.2, 0) is 11.3 Å². The largest absolute Gasteiger partial charge is 0.390 e. The molecular formula is C30H43N3O2. The molecule has 35 heavy (non-hydrogen) atoms. The fraction of sp³-hybridized carbons (Fsp3) is 0.767. The maximum Gasteiger partial charge on any atom is 0.158 e. The van der Waals surface area contributed by atoms with Gasteiger partial charge >= 0.3 is 0 Å². The normalized spacial score (nSPS) is 45.1. The molecule has 0 saturated heterocycles. The minimum Gasteiger partial charge on any atom is -0.390 e. The molecule has 190 valence electrons. The molecule has 0 aromatic carbocycles. The van der Waals surface area contributed by atoms with Gasteiger partial charge < -0.3 is 5.11 Å².